The Morgan fingerprint density at radius 2 is 1.85 bits per heavy atom. The van der Waals surface area contributed by atoms with Crippen molar-refractivity contribution in [2.45, 2.75) is 4.90 Å². The fraction of sp³-hybridized carbons (Fsp3) is 0.111. The second-order valence-electron chi connectivity index (χ2n) is 2.69. The average molecular weight is 193 g/mol. The third kappa shape index (κ3) is 1.23. The number of imide groups is 1. The van der Waals surface area contributed by atoms with Gasteiger partial charge in [-0.2, -0.15) is 0 Å². The number of nitrogens with one attached hydrogen (secondary N) is 1. The molecular formula is C9H7NO2S. The topological polar surface area (TPSA) is 46.2 Å². The summed E-state index contributed by atoms with van der Waals surface area (Å²) in [4.78, 5) is 23.3. The van der Waals surface area contributed by atoms with Crippen LogP contribution < -0.4 is 5.32 Å². The molecule has 1 aromatic rings. The first kappa shape index (κ1) is 8.31. The SMILES string of the molecule is CSc1ccc2c(c1)C(=O)NC2=O. The summed E-state index contributed by atoms with van der Waals surface area (Å²) in [6.07, 6.45) is 1.93. The van der Waals surface area contributed by atoms with E-state index in [0.717, 1.165) is 4.90 Å². The lowest BCUT2D eigenvalue weighted by molar-refractivity contribution is 0.0879. The second-order valence-corrected chi connectivity index (χ2v) is 3.57. The summed E-state index contributed by atoms with van der Waals surface area (Å²) < 4.78 is 0. The van der Waals surface area contributed by atoms with Crippen molar-refractivity contribution in [1.82, 2.24) is 5.32 Å². The van der Waals surface area contributed by atoms with Crippen LogP contribution in [-0.4, -0.2) is 18.1 Å². The van der Waals surface area contributed by atoms with E-state index in [4.69, 9.17) is 0 Å². The molecule has 0 bridgehead atoms. The highest BCUT2D eigenvalue weighted by atomic mass is 32.2. The zero-order valence-corrected chi connectivity index (χ0v) is 7.77. The molecule has 0 saturated heterocycles. The van der Waals surface area contributed by atoms with Crippen molar-refractivity contribution in [3.63, 3.8) is 0 Å². The highest BCUT2D eigenvalue weighted by molar-refractivity contribution is 7.98. The lowest BCUT2D eigenvalue weighted by Gasteiger charge is -1.97. The van der Waals surface area contributed by atoms with Gasteiger partial charge in [0.15, 0.2) is 0 Å². The van der Waals surface area contributed by atoms with Gasteiger partial charge in [0.05, 0.1) is 11.1 Å². The van der Waals surface area contributed by atoms with Crippen LogP contribution >= 0.6 is 11.8 Å². The van der Waals surface area contributed by atoms with E-state index in [1.54, 1.807) is 23.9 Å². The molecule has 2 rings (SSSR count). The Balaban J connectivity index is 2.58. The number of hydrogen-bond donors (Lipinski definition) is 1. The fourth-order valence-corrected chi connectivity index (χ4v) is 1.71. The van der Waals surface area contributed by atoms with E-state index in [0.29, 0.717) is 11.1 Å². The predicted octanol–water partition coefficient (Wildman–Crippen LogP) is 1.29. The molecule has 0 aliphatic carbocycles. The standard InChI is InChI=1S/C9H7NO2S/c1-13-5-2-3-6-7(4-5)9(12)10-8(6)11/h2-4H,1H3,(H,10,11,12). The quantitative estimate of drug-likeness (QED) is 0.540. The smallest absolute Gasteiger partial charge is 0.258 e. The Hall–Kier alpha value is -1.29. The van der Waals surface area contributed by atoms with Crippen LogP contribution in [0.5, 0.6) is 0 Å². The molecule has 0 saturated carbocycles. The number of rotatable bonds is 1. The monoisotopic (exact) mass is 193 g/mol. The van der Waals surface area contributed by atoms with Crippen molar-refractivity contribution in [3.05, 3.63) is 29.3 Å². The molecule has 1 aliphatic heterocycles. The Morgan fingerprint density at radius 1 is 1.15 bits per heavy atom. The summed E-state index contributed by atoms with van der Waals surface area (Å²) >= 11 is 1.55. The van der Waals surface area contributed by atoms with E-state index in [1.165, 1.54) is 0 Å². The zero-order chi connectivity index (χ0) is 9.42. The maximum atomic E-state index is 11.2. The summed E-state index contributed by atoms with van der Waals surface area (Å²) in [6, 6.07) is 5.25. The van der Waals surface area contributed by atoms with Gasteiger partial charge in [0, 0.05) is 4.90 Å². The first-order valence-electron chi connectivity index (χ1n) is 3.76. The number of hydrogen-bond acceptors (Lipinski definition) is 3. The number of amides is 2. The number of carbonyl (C=O) groups excluding carboxylic acids is 2. The predicted molar refractivity (Wildman–Crippen MR) is 50.0 cm³/mol. The molecule has 0 aromatic heterocycles. The van der Waals surface area contributed by atoms with Crippen molar-refractivity contribution in [1.29, 1.82) is 0 Å². The van der Waals surface area contributed by atoms with Gasteiger partial charge < -0.3 is 0 Å². The average Bonchev–Trinajstić information content (AvgIpc) is 2.42. The molecule has 2 amide bonds. The summed E-state index contributed by atoms with van der Waals surface area (Å²) in [5.41, 5.74) is 0.958. The van der Waals surface area contributed by atoms with E-state index < -0.39 is 0 Å². The molecule has 0 fully saturated rings. The van der Waals surface area contributed by atoms with E-state index >= 15 is 0 Å². The van der Waals surface area contributed by atoms with Crippen LogP contribution in [0.1, 0.15) is 20.7 Å². The number of fused-ring (bicyclic) bond motifs is 1. The molecule has 1 heterocycles. The van der Waals surface area contributed by atoms with Crippen LogP contribution in [0.4, 0.5) is 0 Å². The van der Waals surface area contributed by atoms with Crippen molar-refractivity contribution in [2.75, 3.05) is 6.26 Å². The summed E-state index contributed by atoms with van der Waals surface area (Å²) in [7, 11) is 0. The van der Waals surface area contributed by atoms with Gasteiger partial charge in [-0.25, -0.2) is 0 Å². The third-order valence-corrected chi connectivity index (χ3v) is 2.67. The van der Waals surface area contributed by atoms with Crippen molar-refractivity contribution >= 4 is 23.6 Å². The molecule has 13 heavy (non-hydrogen) atoms. The molecule has 1 N–H and O–H groups in total. The number of carbonyl (C=O) groups is 2. The molecule has 3 nitrogen and oxygen atoms in total. The van der Waals surface area contributed by atoms with Gasteiger partial charge in [0.1, 0.15) is 0 Å². The highest BCUT2D eigenvalue weighted by Gasteiger charge is 2.26. The molecule has 4 heteroatoms. The van der Waals surface area contributed by atoms with Crippen LogP contribution in [0.25, 0.3) is 0 Å². The summed E-state index contributed by atoms with van der Waals surface area (Å²) in [5, 5.41) is 2.25. The van der Waals surface area contributed by atoms with E-state index in [9.17, 15) is 9.59 Å². The minimum atomic E-state index is -0.298. The molecule has 0 atom stereocenters. The van der Waals surface area contributed by atoms with Crippen LogP contribution in [0.3, 0.4) is 0 Å². The maximum Gasteiger partial charge on any atom is 0.258 e. The highest BCUT2D eigenvalue weighted by Crippen LogP contribution is 2.22. The van der Waals surface area contributed by atoms with Crippen molar-refractivity contribution in [3.8, 4) is 0 Å². The minimum absolute atomic E-state index is 0.295. The first-order chi connectivity index (χ1) is 6.22. The number of benzene rings is 1. The van der Waals surface area contributed by atoms with Crippen LogP contribution in [-0.2, 0) is 0 Å². The lowest BCUT2D eigenvalue weighted by Crippen LogP contribution is -2.19. The van der Waals surface area contributed by atoms with E-state index in [-0.39, 0.29) is 11.8 Å². The Bertz CT molecular complexity index is 401. The van der Waals surface area contributed by atoms with Gasteiger partial charge in [-0.05, 0) is 24.5 Å². The zero-order valence-electron chi connectivity index (χ0n) is 6.96. The normalized spacial score (nSPS) is 14.2. The van der Waals surface area contributed by atoms with Gasteiger partial charge in [-0.15, -0.1) is 11.8 Å². The van der Waals surface area contributed by atoms with Crippen molar-refractivity contribution < 1.29 is 9.59 Å². The molecule has 1 aromatic carbocycles. The molecule has 66 valence electrons. The van der Waals surface area contributed by atoms with Gasteiger partial charge in [-0.1, -0.05) is 0 Å². The van der Waals surface area contributed by atoms with Crippen LogP contribution in [0.2, 0.25) is 0 Å². The molecule has 1 aliphatic rings. The lowest BCUT2D eigenvalue weighted by atomic mass is 10.1. The molecule has 0 unspecified atom stereocenters. The molecule has 0 radical (unpaired) electrons. The first-order valence-corrected chi connectivity index (χ1v) is 4.98. The van der Waals surface area contributed by atoms with Gasteiger partial charge in [-0.3, -0.25) is 14.9 Å². The Labute approximate surface area is 79.5 Å². The van der Waals surface area contributed by atoms with E-state index in [1.807, 2.05) is 12.3 Å². The minimum Gasteiger partial charge on any atom is -0.288 e. The fourth-order valence-electron chi connectivity index (χ4n) is 1.27. The van der Waals surface area contributed by atoms with Crippen molar-refractivity contribution in [2.24, 2.45) is 0 Å². The van der Waals surface area contributed by atoms with Crippen LogP contribution in [0.15, 0.2) is 23.1 Å². The summed E-state index contributed by atoms with van der Waals surface area (Å²) in [5.74, 6) is -0.594. The van der Waals surface area contributed by atoms with Crippen LogP contribution in [0, 0.1) is 0 Å². The van der Waals surface area contributed by atoms with Gasteiger partial charge in [0.2, 0.25) is 0 Å². The Morgan fingerprint density at radius 3 is 2.54 bits per heavy atom. The number of thioether (sulfide) groups is 1. The van der Waals surface area contributed by atoms with Gasteiger partial charge in [0.25, 0.3) is 11.8 Å². The van der Waals surface area contributed by atoms with Gasteiger partial charge >= 0.3 is 0 Å². The molecular weight excluding hydrogens is 186 g/mol. The maximum absolute atomic E-state index is 11.2. The third-order valence-electron chi connectivity index (χ3n) is 1.94. The molecule has 0 spiro atoms. The van der Waals surface area contributed by atoms with E-state index in [2.05, 4.69) is 5.32 Å². The largest absolute Gasteiger partial charge is 0.288 e. The summed E-state index contributed by atoms with van der Waals surface area (Å²) in [6.45, 7) is 0. The Kier molecular flexibility index (Phi) is 1.84. The second kappa shape index (κ2) is 2.88.